The normalized spacial score (nSPS) is 11.7. The molecule has 3 aromatic rings. The van der Waals surface area contributed by atoms with Gasteiger partial charge in [0.2, 0.25) is 10.0 Å². The summed E-state index contributed by atoms with van der Waals surface area (Å²) in [7, 11) is -3.56. The van der Waals surface area contributed by atoms with Crippen molar-refractivity contribution in [2.75, 3.05) is 4.72 Å². The number of anilines is 1. The smallest absolute Gasteiger partial charge is 0.236 e. The molecule has 5 nitrogen and oxygen atoms in total. The first-order valence-corrected chi connectivity index (χ1v) is 8.57. The van der Waals surface area contributed by atoms with Crippen LogP contribution in [0.15, 0.2) is 46.9 Å². The van der Waals surface area contributed by atoms with Crippen molar-refractivity contribution in [3.63, 3.8) is 0 Å². The lowest BCUT2D eigenvalue weighted by Gasteiger charge is -2.09. The Hall–Kier alpha value is -2.05. The predicted octanol–water partition coefficient (Wildman–Crippen LogP) is 3.73. The molecule has 7 heteroatoms. The Morgan fingerprint density at radius 3 is 2.77 bits per heavy atom. The zero-order valence-corrected chi connectivity index (χ0v) is 13.3. The predicted molar refractivity (Wildman–Crippen MR) is 86.4 cm³/mol. The van der Waals surface area contributed by atoms with Crippen molar-refractivity contribution in [2.45, 2.75) is 12.7 Å². The van der Waals surface area contributed by atoms with E-state index in [0.717, 1.165) is 0 Å². The zero-order chi connectivity index (χ0) is 15.7. The Labute approximate surface area is 133 Å². The van der Waals surface area contributed by atoms with Crippen LogP contribution >= 0.6 is 11.6 Å². The van der Waals surface area contributed by atoms with E-state index in [4.69, 9.17) is 16.0 Å². The molecule has 0 saturated heterocycles. The summed E-state index contributed by atoms with van der Waals surface area (Å²) < 4.78 is 32.4. The fraction of sp³-hybridized carbons (Fsp3) is 0.133. The van der Waals surface area contributed by atoms with Gasteiger partial charge in [-0.1, -0.05) is 29.8 Å². The van der Waals surface area contributed by atoms with Crippen molar-refractivity contribution in [3.05, 3.63) is 58.9 Å². The van der Waals surface area contributed by atoms with Crippen LogP contribution in [-0.4, -0.2) is 13.4 Å². The molecule has 0 amide bonds. The first-order chi connectivity index (χ1) is 10.4. The number of fused-ring (bicyclic) bond motifs is 1. The molecule has 3 rings (SSSR count). The highest BCUT2D eigenvalue weighted by Gasteiger charge is 2.14. The lowest BCUT2D eigenvalue weighted by atomic mass is 10.2. The molecule has 2 aromatic carbocycles. The number of rotatable bonds is 4. The van der Waals surface area contributed by atoms with Crippen LogP contribution in [0.4, 0.5) is 5.69 Å². The summed E-state index contributed by atoms with van der Waals surface area (Å²) in [5.41, 5.74) is 2.21. The molecular weight excluding hydrogens is 324 g/mol. The second-order valence-electron chi connectivity index (χ2n) is 4.87. The summed E-state index contributed by atoms with van der Waals surface area (Å²) >= 11 is 6.00. The fourth-order valence-corrected chi connectivity index (χ4v) is 3.64. The number of aryl methyl sites for hydroxylation is 1. The van der Waals surface area contributed by atoms with Crippen LogP contribution in [0.2, 0.25) is 5.02 Å². The van der Waals surface area contributed by atoms with Crippen LogP contribution in [0, 0.1) is 6.92 Å². The highest BCUT2D eigenvalue weighted by atomic mass is 35.5. The summed E-state index contributed by atoms with van der Waals surface area (Å²) in [6.07, 6.45) is 0. The van der Waals surface area contributed by atoms with Crippen molar-refractivity contribution >= 4 is 38.4 Å². The number of halogens is 1. The van der Waals surface area contributed by atoms with Gasteiger partial charge in [-0.05, 0) is 29.8 Å². The van der Waals surface area contributed by atoms with E-state index in [1.54, 1.807) is 49.4 Å². The monoisotopic (exact) mass is 336 g/mol. The van der Waals surface area contributed by atoms with Gasteiger partial charge in [0.1, 0.15) is 5.52 Å². The Kier molecular flexibility index (Phi) is 3.80. The van der Waals surface area contributed by atoms with Gasteiger partial charge >= 0.3 is 0 Å². The minimum atomic E-state index is -3.56. The second-order valence-corrected chi connectivity index (χ2v) is 7.00. The molecule has 1 N–H and O–H groups in total. The van der Waals surface area contributed by atoms with Gasteiger partial charge in [-0.15, -0.1) is 0 Å². The first kappa shape index (κ1) is 14.9. The average Bonchev–Trinajstić information content (AvgIpc) is 2.80. The van der Waals surface area contributed by atoms with E-state index in [1.165, 1.54) is 0 Å². The summed E-state index contributed by atoms with van der Waals surface area (Å²) in [6.45, 7) is 1.74. The molecule has 0 fully saturated rings. The van der Waals surface area contributed by atoms with Gasteiger partial charge in [-0.2, -0.15) is 0 Å². The molecule has 0 atom stereocenters. The Bertz CT molecular complexity index is 935. The molecule has 0 aliphatic rings. The van der Waals surface area contributed by atoms with E-state index in [0.29, 0.717) is 33.3 Å². The van der Waals surface area contributed by atoms with Gasteiger partial charge in [0, 0.05) is 11.9 Å². The maximum absolute atomic E-state index is 12.2. The maximum Gasteiger partial charge on any atom is 0.236 e. The highest BCUT2D eigenvalue weighted by Crippen LogP contribution is 2.22. The maximum atomic E-state index is 12.2. The number of hydrogen-bond donors (Lipinski definition) is 1. The molecule has 0 saturated carbocycles. The Morgan fingerprint density at radius 1 is 1.23 bits per heavy atom. The van der Waals surface area contributed by atoms with Crippen LogP contribution in [0.3, 0.4) is 0 Å². The molecular formula is C15H13ClN2O3S. The second kappa shape index (κ2) is 5.62. The number of sulfonamides is 1. The van der Waals surface area contributed by atoms with E-state index in [9.17, 15) is 8.42 Å². The van der Waals surface area contributed by atoms with Gasteiger partial charge < -0.3 is 4.42 Å². The lowest BCUT2D eigenvalue weighted by Crippen LogP contribution is -2.15. The minimum Gasteiger partial charge on any atom is -0.441 e. The van der Waals surface area contributed by atoms with Crippen LogP contribution in [-0.2, 0) is 15.8 Å². The highest BCUT2D eigenvalue weighted by molar-refractivity contribution is 7.91. The first-order valence-electron chi connectivity index (χ1n) is 6.54. The molecule has 0 radical (unpaired) electrons. The fourth-order valence-electron chi connectivity index (χ4n) is 2.14. The molecule has 22 heavy (non-hydrogen) atoms. The van der Waals surface area contributed by atoms with Gasteiger partial charge in [0.05, 0.1) is 11.4 Å². The van der Waals surface area contributed by atoms with E-state index >= 15 is 0 Å². The molecule has 1 heterocycles. The molecule has 0 aliphatic carbocycles. The number of hydrogen-bond acceptors (Lipinski definition) is 4. The number of nitrogens with zero attached hydrogens (tertiary/aromatic N) is 1. The quantitative estimate of drug-likeness (QED) is 0.788. The van der Waals surface area contributed by atoms with Crippen LogP contribution in [0.25, 0.3) is 11.1 Å². The molecule has 0 spiro atoms. The van der Waals surface area contributed by atoms with Crippen molar-refractivity contribution in [3.8, 4) is 0 Å². The number of nitrogens with one attached hydrogen (secondary N) is 1. The summed E-state index contributed by atoms with van der Waals surface area (Å²) in [4.78, 5) is 4.18. The third-order valence-corrected chi connectivity index (χ3v) is 4.68. The average molecular weight is 337 g/mol. The van der Waals surface area contributed by atoms with Crippen LogP contribution in [0.1, 0.15) is 11.5 Å². The van der Waals surface area contributed by atoms with Crippen molar-refractivity contribution in [1.82, 2.24) is 4.98 Å². The molecule has 0 unspecified atom stereocenters. The van der Waals surface area contributed by atoms with E-state index in [2.05, 4.69) is 9.71 Å². The Morgan fingerprint density at radius 2 is 2.00 bits per heavy atom. The third-order valence-electron chi connectivity index (χ3n) is 3.07. The number of benzene rings is 2. The van der Waals surface area contributed by atoms with Crippen molar-refractivity contribution in [1.29, 1.82) is 0 Å². The number of oxazole rings is 1. The Balaban J connectivity index is 1.85. The largest absolute Gasteiger partial charge is 0.441 e. The molecule has 0 aliphatic heterocycles. The zero-order valence-electron chi connectivity index (χ0n) is 11.7. The molecule has 0 bridgehead atoms. The van der Waals surface area contributed by atoms with Crippen LogP contribution < -0.4 is 4.72 Å². The van der Waals surface area contributed by atoms with Gasteiger partial charge in [-0.3, -0.25) is 4.72 Å². The molecule has 114 valence electrons. The minimum absolute atomic E-state index is 0.192. The summed E-state index contributed by atoms with van der Waals surface area (Å²) in [5, 5.41) is 0.426. The SMILES string of the molecule is Cc1nc2cc(NS(=O)(=O)Cc3ccccc3Cl)ccc2o1. The standard InChI is InChI=1S/C15H13ClN2O3S/c1-10-17-14-8-12(6-7-15(14)21-10)18-22(19,20)9-11-4-2-3-5-13(11)16/h2-8,18H,9H2,1H3. The molecule has 1 aromatic heterocycles. The van der Waals surface area contributed by atoms with Gasteiger partial charge in [0.15, 0.2) is 11.5 Å². The van der Waals surface area contributed by atoms with Crippen molar-refractivity contribution < 1.29 is 12.8 Å². The van der Waals surface area contributed by atoms with Crippen LogP contribution in [0.5, 0.6) is 0 Å². The van der Waals surface area contributed by atoms with E-state index in [-0.39, 0.29) is 5.75 Å². The lowest BCUT2D eigenvalue weighted by molar-refractivity contribution is 0.561. The van der Waals surface area contributed by atoms with Gasteiger partial charge in [-0.25, -0.2) is 13.4 Å². The van der Waals surface area contributed by atoms with E-state index < -0.39 is 10.0 Å². The summed E-state index contributed by atoms with van der Waals surface area (Å²) in [6, 6.07) is 11.8. The topological polar surface area (TPSA) is 72.2 Å². The summed E-state index contributed by atoms with van der Waals surface area (Å²) in [5.74, 6) is 0.341. The van der Waals surface area contributed by atoms with Crippen molar-refractivity contribution in [2.24, 2.45) is 0 Å². The third kappa shape index (κ3) is 3.23. The number of aromatic nitrogens is 1. The van der Waals surface area contributed by atoms with E-state index in [1.807, 2.05) is 0 Å². The van der Waals surface area contributed by atoms with Gasteiger partial charge in [0.25, 0.3) is 0 Å².